The van der Waals surface area contributed by atoms with Crippen LogP contribution in [0.1, 0.15) is 0 Å². The first kappa shape index (κ1) is 9.74. The number of hydrogen-bond acceptors (Lipinski definition) is 3. The van der Waals surface area contributed by atoms with Crippen LogP contribution in [-0.2, 0) is 4.31 Å². The quantitative estimate of drug-likeness (QED) is 0.615. The molecular weight excluding hydrogens is 158 g/mol. The molecule has 0 aromatic carbocycles. The molecule has 0 unspecified atom stereocenters. The van der Waals surface area contributed by atoms with Crippen LogP contribution in [0.15, 0.2) is 0 Å². The summed E-state index contributed by atoms with van der Waals surface area (Å²) in [6.45, 7) is 5.50. The molecule has 3 nitrogen and oxygen atoms in total. The Labute approximate surface area is 57.1 Å². The third-order valence-electron chi connectivity index (χ3n) is 0.400. The normalized spacial score (nSPS) is 17.4. The van der Waals surface area contributed by atoms with Crippen molar-refractivity contribution in [1.29, 1.82) is 0 Å². The molecule has 0 aromatic rings. The fourth-order valence-corrected chi connectivity index (χ4v) is 2.63. The van der Waals surface area contributed by atoms with Crippen LogP contribution in [0, 0.1) is 0 Å². The first-order valence-corrected chi connectivity index (χ1v) is 7.66. The zero-order valence-electron chi connectivity index (χ0n) is 6.20. The molecule has 0 saturated carbocycles. The molecule has 0 bridgehead atoms. The molecule has 0 aliphatic heterocycles. The molecule has 0 aromatic heterocycles. The third kappa shape index (κ3) is 8.74. The van der Waals surface area contributed by atoms with Gasteiger partial charge in [-0.15, -0.1) is 0 Å². The topological polar surface area (TPSA) is 49.7 Å². The minimum atomic E-state index is -2.18. The van der Waals surface area contributed by atoms with Crippen molar-refractivity contribution in [2.45, 2.75) is 0 Å². The van der Waals surface area contributed by atoms with Crippen LogP contribution in [0.2, 0.25) is 0 Å². The molecule has 0 amide bonds. The zero-order valence-corrected chi connectivity index (χ0v) is 7.99. The van der Waals surface area contributed by atoms with Crippen molar-refractivity contribution in [1.82, 2.24) is 0 Å². The number of rotatable bonds is 2. The summed E-state index contributed by atoms with van der Waals surface area (Å²) < 4.78 is 4.93. The molecule has 9 heavy (non-hydrogen) atoms. The Bertz CT molecular complexity index is 94.9. The Morgan fingerprint density at radius 2 is 1.44 bits per heavy atom. The van der Waals surface area contributed by atoms with Gasteiger partial charge < -0.3 is 0 Å². The summed E-state index contributed by atoms with van der Waals surface area (Å²) in [4.78, 5) is 17.0. The Kier molecular flexibility index (Phi) is 2.61. The van der Waals surface area contributed by atoms with Crippen molar-refractivity contribution in [3.63, 3.8) is 0 Å². The average Bonchev–Trinajstić information content (AvgIpc) is 1.16. The molecule has 2 N–H and O–H groups in total. The van der Waals surface area contributed by atoms with Crippen molar-refractivity contribution >= 4 is 15.4 Å². The minimum absolute atomic E-state index is 1.91. The van der Waals surface area contributed by atoms with Crippen LogP contribution in [0.4, 0.5) is 0 Å². The Balaban J connectivity index is 3.89. The monoisotopic (exact) mass is 172 g/mol. The SMILES string of the molecule is CP(C)(C)(C)OP(O)O. The van der Waals surface area contributed by atoms with Gasteiger partial charge in [-0.1, -0.05) is 0 Å². The van der Waals surface area contributed by atoms with E-state index in [0.29, 0.717) is 0 Å². The second-order valence-corrected chi connectivity index (χ2v) is 11.7. The maximum absolute atomic E-state index is 8.48. The Morgan fingerprint density at radius 1 is 1.11 bits per heavy atom. The second kappa shape index (κ2) is 2.41. The van der Waals surface area contributed by atoms with E-state index in [9.17, 15) is 0 Å². The van der Waals surface area contributed by atoms with E-state index < -0.39 is 15.4 Å². The first-order chi connectivity index (χ1) is 3.67. The maximum atomic E-state index is 8.48. The molecular formula is C4H14O3P2. The zero-order chi connectivity index (χ0) is 7.73. The van der Waals surface area contributed by atoms with E-state index in [-0.39, 0.29) is 0 Å². The van der Waals surface area contributed by atoms with E-state index in [1.54, 1.807) is 0 Å². The molecule has 0 saturated heterocycles. The van der Waals surface area contributed by atoms with E-state index in [4.69, 9.17) is 14.1 Å². The van der Waals surface area contributed by atoms with Crippen molar-refractivity contribution in [2.24, 2.45) is 0 Å². The summed E-state index contributed by atoms with van der Waals surface area (Å²) in [7, 11) is -2.18. The van der Waals surface area contributed by atoms with Crippen molar-refractivity contribution in [2.75, 3.05) is 26.7 Å². The predicted octanol–water partition coefficient (Wildman–Crippen LogP) is 1.20. The summed E-state index contributed by atoms with van der Waals surface area (Å²) in [5, 5.41) is 0. The van der Waals surface area contributed by atoms with Gasteiger partial charge in [0.05, 0.1) is 0 Å². The van der Waals surface area contributed by atoms with E-state index >= 15 is 0 Å². The molecule has 5 heteroatoms. The molecule has 0 fully saturated rings. The van der Waals surface area contributed by atoms with Crippen LogP contribution in [0.5, 0.6) is 0 Å². The Morgan fingerprint density at radius 3 is 1.44 bits per heavy atom. The summed E-state index contributed by atoms with van der Waals surface area (Å²) in [6.07, 6.45) is 0. The fourth-order valence-electron chi connectivity index (χ4n) is 0.292. The average molecular weight is 172 g/mol. The molecule has 0 heterocycles. The summed E-state index contributed by atoms with van der Waals surface area (Å²) in [5.74, 6) is 0. The fraction of sp³-hybridized carbons (Fsp3) is 1.00. The van der Waals surface area contributed by atoms with Crippen molar-refractivity contribution in [3.05, 3.63) is 0 Å². The van der Waals surface area contributed by atoms with Crippen molar-refractivity contribution < 1.29 is 14.1 Å². The van der Waals surface area contributed by atoms with E-state index in [2.05, 4.69) is 0 Å². The van der Waals surface area contributed by atoms with Crippen LogP contribution in [-0.4, -0.2) is 36.4 Å². The molecule has 0 aliphatic rings. The second-order valence-electron chi connectivity index (χ2n) is 3.75. The van der Waals surface area contributed by atoms with Crippen LogP contribution in [0.25, 0.3) is 0 Å². The van der Waals surface area contributed by atoms with Gasteiger partial charge >= 0.3 is 56.2 Å². The van der Waals surface area contributed by atoms with Crippen LogP contribution >= 0.6 is 15.4 Å². The van der Waals surface area contributed by atoms with Gasteiger partial charge in [0, 0.05) is 0 Å². The molecule has 0 spiro atoms. The van der Waals surface area contributed by atoms with Gasteiger partial charge in [-0.3, -0.25) is 0 Å². The summed E-state index contributed by atoms with van der Waals surface area (Å²) >= 11 is 0. The molecule has 58 valence electrons. The van der Waals surface area contributed by atoms with E-state index in [0.717, 1.165) is 0 Å². The molecule has 0 atom stereocenters. The van der Waals surface area contributed by atoms with Gasteiger partial charge in [0.2, 0.25) is 0 Å². The van der Waals surface area contributed by atoms with Gasteiger partial charge in [0.25, 0.3) is 0 Å². The van der Waals surface area contributed by atoms with Gasteiger partial charge in [-0.25, -0.2) is 0 Å². The first-order valence-electron chi connectivity index (χ1n) is 2.55. The van der Waals surface area contributed by atoms with Gasteiger partial charge in [-0.05, 0) is 0 Å². The van der Waals surface area contributed by atoms with E-state index in [1.165, 1.54) is 0 Å². The van der Waals surface area contributed by atoms with Gasteiger partial charge in [0.15, 0.2) is 0 Å². The van der Waals surface area contributed by atoms with E-state index in [1.807, 2.05) is 26.7 Å². The van der Waals surface area contributed by atoms with Crippen molar-refractivity contribution in [3.8, 4) is 0 Å². The van der Waals surface area contributed by atoms with Gasteiger partial charge in [0.1, 0.15) is 0 Å². The van der Waals surface area contributed by atoms with Crippen LogP contribution in [0.3, 0.4) is 0 Å². The Hall–Kier alpha value is 0.740. The molecule has 0 aliphatic carbocycles. The summed E-state index contributed by atoms with van der Waals surface area (Å²) in [6, 6.07) is 0. The molecule has 0 rings (SSSR count). The predicted molar refractivity (Wildman–Crippen MR) is 43.1 cm³/mol. The summed E-state index contributed by atoms with van der Waals surface area (Å²) in [5.41, 5.74) is 0. The van der Waals surface area contributed by atoms with Gasteiger partial charge in [-0.2, -0.15) is 0 Å². The standard InChI is InChI=1S/C4H14O3P2/c1-9(2,3,4)7-8(5)6/h5-6H,1-4H3. The third-order valence-corrected chi connectivity index (χ3v) is 3.60. The number of hydrogen-bond donors (Lipinski definition) is 2. The molecule has 0 radical (unpaired) electrons. The van der Waals surface area contributed by atoms with Crippen LogP contribution < -0.4 is 0 Å².